The van der Waals surface area contributed by atoms with Crippen molar-refractivity contribution in [3.8, 4) is 0 Å². The van der Waals surface area contributed by atoms with Crippen molar-refractivity contribution in [1.29, 1.82) is 0 Å². The fourth-order valence-electron chi connectivity index (χ4n) is 3.21. The lowest BCUT2D eigenvalue weighted by Crippen LogP contribution is -2.49. The molecule has 1 aromatic heterocycles. The van der Waals surface area contributed by atoms with Crippen LogP contribution in [0, 0.1) is 0 Å². The van der Waals surface area contributed by atoms with Crippen molar-refractivity contribution in [3.05, 3.63) is 22.4 Å². The summed E-state index contributed by atoms with van der Waals surface area (Å²) in [6, 6.07) is 3.38. The Hall–Kier alpha value is -1.15. The fourth-order valence-corrected chi connectivity index (χ4v) is 3.89. The van der Waals surface area contributed by atoms with Gasteiger partial charge in [0.1, 0.15) is 6.04 Å². The molecule has 3 heterocycles. The van der Waals surface area contributed by atoms with E-state index in [1.807, 2.05) is 17.5 Å². The smallest absolute Gasteiger partial charge is 0.264 e. The molecule has 0 spiro atoms. The number of hydrogen-bond acceptors (Lipinski definition) is 5. The maximum absolute atomic E-state index is 12.5. The molecule has 0 radical (unpaired) electrons. The molecule has 24 heavy (non-hydrogen) atoms. The Labute approximate surface area is 153 Å². The summed E-state index contributed by atoms with van der Waals surface area (Å²) >= 11 is 1.43. The Morgan fingerprint density at radius 3 is 2.79 bits per heavy atom. The number of hydrogen-bond donors (Lipinski definition) is 2. The van der Waals surface area contributed by atoms with Gasteiger partial charge < -0.3 is 15.5 Å². The van der Waals surface area contributed by atoms with Crippen LogP contribution in [0.2, 0.25) is 0 Å². The third-order valence-corrected chi connectivity index (χ3v) is 5.34. The van der Waals surface area contributed by atoms with E-state index in [1.165, 1.54) is 11.3 Å². The molecule has 2 saturated heterocycles. The van der Waals surface area contributed by atoms with Crippen molar-refractivity contribution in [3.63, 3.8) is 0 Å². The van der Waals surface area contributed by atoms with Gasteiger partial charge in [-0.1, -0.05) is 6.07 Å². The number of amides is 2. The standard InChI is InChI=1S/C16H24N4O2S.ClH/c21-15(18-7-11-19-9-5-17-6-10-19)13-3-1-8-20(13)16(22)14-4-2-12-23-14;/h2,4,12-13,17H,1,3,5-11H2,(H,18,21);1H. The first-order chi connectivity index (χ1) is 11.3. The summed E-state index contributed by atoms with van der Waals surface area (Å²) in [5, 5.41) is 8.22. The quantitative estimate of drug-likeness (QED) is 0.802. The average molecular weight is 373 g/mol. The van der Waals surface area contributed by atoms with E-state index < -0.39 is 0 Å². The molecular weight excluding hydrogens is 348 g/mol. The van der Waals surface area contributed by atoms with Crippen molar-refractivity contribution in [1.82, 2.24) is 20.4 Å². The Morgan fingerprint density at radius 2 is 2.08 bits per heavy atom. The summed E-state index contributed by atoms with van der Waals surface area (Å²) in [5.74, 6) is -0.0257. The number of thiophene rings is 1. The van der Waals surface area contributed by atoms with Crippen LogP contribution in [0.25, 0.3) is 0 Å². The van der Waals surface area contributed by atoms with Crippen molar-refractivity contribution in [2.45, 2.75) is 18.9 Å². The molecule has 2 aliphatic rings. The zero-order chi connectivity index (χ0) is 16.1. The summed E-state index contributed by atoms with van der Waals surface area (Å²) in [4.78, 5) is 29.7. The van der Waals surface area contributed by atoms with Gasteiger partial charge in [0.25, 0.3) is 5.91 Å². The molecule has 8 heteroatoms. The number of halogens is 1. The topological polar surface area (TPSA) is 64.7 Å². The number of carbonyl (C=O) groups excluding carboxylic acids is 2. The van der Waals surface area contributed by atoms with Gasteiger partial charge in [0.15, 0.2) is 0 Å². The molecule has 0 aliphatic carbocycles. The summed E-state index contributed by atoms with van der Waals surface area (Å²) in [7, 11) is 0. The van der Waals surface area contributed by atoms with Crippen LogP contribution in [0.3, 0.4) is 0 Å². The van der Waals surface area contributed by atoms with E-state index in [4.69, 9.17) is 0 Å². The van der Waals surface area contributed by atoms with E-state index in [-0.39, 0.29) is 30.3 Å². The highest BCUT2D eigenvalue weighted by Gasteiger charge is 2.34. The molecule has 1 aromatic rings. The molecule has 134 valence electrons. The van der Waals surface area contributed by atoms with Gasteiger partial charge in [-0.3, -0.25) is 14.5 Å². The van der Waals surface area contributed by atoms with Crippen LogP contribution in [-0.2, 0) is 4.79 Å². The number of carbonyl (C=O) groups is 2. The van der Waals surface area contributed by atoms with Gasteiger partial charge in [-0.15, -0.1) is 23.7 Å². The zero-order valence-corrected chi connectivity index (χ0v) is 15.3. The minimum Gasteiger partial charge on any atom is -0.353 e. The zero-order valence-electron chi connectivity index (χ0n) is 13.7. The molecule has 0 saturated carbocycles. The maximum Gasteiger partial charge on any atom is 0.264 e. The van der Waals surface area contributed by atoms with Gasteiger partial charge in [-0.2, -0.15) is 0 Å². The number of piperazine rings is 1. The van der Waals surface area contributed by atoms with Crippen LogP contribution in [0.15, 0.2) is 17.5 Å². The van der Waals surface area contributed by atoms with Crippen molar-refractivity contribution >= 4 is 35.6 Å². The molecule has 3 rings (SSSR count). The highest BCUT2D eigenvalue weighted by molar-refractivity contribution is 7.12. The second kappa shape index (κ2) is 9.36. The molecule has 2 aliphatic heterocycles. The third-order valence-electron chi connectivity index (χ3n) is 4.49. The Balaban J connectivity index is 0.00000208. The Bertz CT molecular complexity index is 534. The minimum absolute atomic E-state index is 0. The fraction of sp³-hybridized carbons (Fsp3) is 0.625. The Morgan fingerprint density at radius 1 is 1.29 bits per heavy atom. The molecule has 2 fully saturated rings. The SMILES string of the molecule is Cl.O=C(NCCN1CCNCC1)C1CCCN1C(=O)c1cccs1. The van der Waals surface area contributed by atoms with Gasteiger partial charge in [-0.05, 0) is 24.3 Å². The normalized spacial score (nSPS) is 21.3. The average Bonchev–Trinajstić information content (AvgIpc) is 3.27. The van der Waals surface area contributed by atoms with Crippen molar-refractivity contribution in [2.75, 3.05) is 45.8 Å². The van der Waals surface area contributed by atoms with Crippen LogP contribution in [-0.4, -0.2) is 73.5 Å². The largest absolute Gasteiger partial charge is 0.353 e. The number of nitrogens with zero attached hydrogens (tertiary/aromatic N) is 2. The van der Waals surface area contributed by atoms with E-state index in [1.54, 1.807) is 4.90 Å². The lowest BCUT2D eigenvalue weighted by atomic mass is 10.2. The molecule has 1 unspecified atom stereocenters. The first kappa shape index (κ1) is 19.2. The summed E-state index contributed by atoms with van der Waals surface area (Å²) in [6.45, 7) is 6.28. The van der Waals surface area contributed by atoms with Crippen LogP contribution >= 0.6 is 23.7 Å². The first-order valence-electron chi connectivity index (χ1n) is 8.31. The highest BCUT2D eigenvalue weighted by Crippen LogP contribution is 2.22. The van der Waals surface area contributed by atoms with Crippen LogP contribution < -0.4 is 10.6 Å². The van der Waals surface area contributed by atoms with Gasteiger partial charge in [0.2, 0.25) is 5.91 Å². The van der Waals surface area contributed by atoms with Gasteiger partial charge in [0.05, 0.1) is 4.88 Å². The molecular formula is C16H25ClN4O2S. The van der Waals surface area contributed by atoms with Gasteiger partial charge in [0, 0.05) is 45.8 Å². The van der Waals surface area contributed by atoms with Crippen LogP contribution in [0.5, 0.6) is 0 Å². The number of nitrogens with one attached hydrogen (secondary N) is 2. The molecule has 1 atom stereocenters. The summed E-state index contributed by atoms with van der Waals surface area (Å²) < 4.78 is 0. The molecule has 2 amide bonds. The summed E-state index contributed by atoms with van der Waals surface area (Å²) in [6.07, 6.45) is 1.66. The van der Waals surface area contributed by atoms with Crippen LogP contribution in [0.4, 0.5) is 0 Å². The van der Waals surface area contributed by atoms with Crippen LogP contribution in [0.1, 0.15) is 22.5 Å². The van der Waals surface area contributed by atoms with E-state index >= 15 is 0 Å². The Kier molecular flexibility index (Phi) is 7.48. The van der Waals surface area contributed by atoms with Crippen molar-refractivity contribution in [2.24, 2.45) is 0 Å². The number of rotatable bonds is 5. The van der Waals surface area contributed by atoms with E-state index in [0.29, 0.717) is 18.0 Å². The third kappa shape index (κ3) is 4.69. The molecule has 2 N–H and O–H groups in total. The van der Waals surface area contributed by atoms with E-state index in [2.05, 4.69) is 15.5 Å². The second-order valence-electron chi connectivity index (χ2n) is 6.02. The lowest BCUT2D eigenvalue weighted by Gasteiger charge is -2.28. The highest BCUT2D eigenvalue weighted by atomic mass is 35.5. The molecule has 0 bridgehead atoms. The van der Waals surface area contributed by atoms with E-state index in [0.717, 1.165) is 45.6 Å². The second-order valence-corrected chi connectivity index (χ2v) is 6.96. The van der Waals surface area contributed by atoms with E-state index in [9.17, 15) is 9.59 Å². The minimum atomic E-state index is -0.312. The monoisotopic (exact) mass is 372 g/mol. The van der Waals surface area contributed by atoms with Gasteiger partial charge in [-0.25, -0.2) is 0 Å². The predicted molar refractivity (Wildman–Crippen MR) is 97.9 cm³/mol. The first-order valence-corrected chi connectivity index (χ1v) is 9.19. The predicted octanol–water partition coefficient (Wildman–Crippen LogP) is 0.796. The molecule has 6 nitrogen and oxygen atoms in total. The van der Waals surface area contributed by atoms with Crippen molar-refractivity contribution < 1.29 is 9.59 Å². The lowest BCUT2D eigenvalue weighted by molar-refractivity contribution is -0.124. The maximum atomic E-state index is 12.5. The van der Waals surface area contributed by atoms with Gasteiger partial charge >= 0.3 is 0 Å². The number of likely N-dealkylation sites (tertiary alicyclic amines) is 1. The molecule has 0 aromatic carbocycles. The summed E-state index contributed by atoms with van der Waals surface area (Å²) in [5.41, 5.74) is 0.